The first-order chi connectivity index (χ1) is 8.04. The number of nitrogens with two attached hydrogens (primary N) is 1. The Morgan fingerprint density at radius 3 is 2.59 bits per heavy atom. The molecule has 0 aliphatic carbocycles. The van der Waals surface area contributed by atoms with Crippen molar-refractivity contribution in [3.63, 3.8) is 0 Å². The Morgan fingerprint density at radius 1 is 1.35 bits per heavy atom. The van der Waals surface area contributed by atoms with Crippen molar-refractivity contribution in [2.24, 2.45) is 11.8 Å². The largest absolute Gasteiger partial charge is 0.271 e. The van der Waals surface area contributed by atoms with Crippen LogP contribution < -0.4 is 11.3 Å². The van der Waals surface area contributed by atoms with Crippen LogP contribution in [0.25, 0.3) is 0 Å². The quantitative estimate of drug-likeness (QED) is 0.593. The van der Waals surface area contributed by atoms with Crippen molar-refractivity contribution < 1.29 is 0 Å². The minimum atomic E-state index is 0.108. The van der Waals surface area contributed by atoms with E-state index < -0.39 is 0 Å². The number of pyridine rings is 1. The number of nitrogens with one attached hydrogen (secondary N) is 1. The van der Waals surface area contributed by atoms with E-state index in [9.17, 15) is 0 Å². The van der Waals surface area contributed by atoms with Gasteiger partial charge in [0.1, 0.15) is 0 Å². The molecule has 1 atom stereocenters. The molecular formula is C12H19Br2N3. The minimum Gasteiger partial charge on any atom is -0.271 e. The van der Waals surface area contributed by atoms with Gasteiger partial charge in [-0.05, 0) is 50.3 Å². The summed E-state index contributed by atoms with van der Waals surface area (Å²) in [5.74, 6) is 6.34. The van der Waals surface area contributed by atoms with Crippen LogP contribution in [-0.4, -0.2) is 4.98 Å². The zero-order chi connectivity index (χ0) is 12.8. The molecule has 1 rings (SSSR count). The molecule has 1 heterocycles. The Labute approximate surface area is 120 Å². The Morgan fingerprint density at radius 2 is 2.06 bits per heavy atom. The van der Waals surface area contributed by atoms with Gasteiger partial charge in [0.2, 0.25) is 0 Å². The zero-order valence-corrected chi connectivity index (χ0v) is 13.4. The third-order valence-corrected chi connectivity index (χ3v) is 3.71. The average Bonchev–Trinajstić information content (AvgIpc) is 2.25. The number of halogens is 2. The molecule has 3 nitrogen and oxygen atoms in total. The molecule has 0 fully saturated rings. The van der Waals surface area contributed by atoms with Crippen LogP contribution in [0.4, 0.5) is 0 Å². The Balaban J connectivity index is 2.66. The van der Waals surface area contributed by atoms with Gasteiger partial charge in [0.25, 0.3) is 0 Å². The number of hydrogen-bond acceptors (Lipinski definition) is 3. The van der Waals surface area contributed by atoms with Crippen LogP contribution in [-0.2, 0) is 0 Å². The van der Waals surface area contributed by atoms with E-state index in [4.69, 9.17) is 5.84 Å². The van der Waals surface area contributed by atoms with Crippen LogP contribution in [0.2, 0.25) is 0 Å². The maximum absolute atomic E-state index is 5.61. The van der Waals surface area contributed by atoms with E-state index in [1.807, 2.05) is 6.07 Å². The van der Waals surface area contributed by atoms with Gasteiger partial charge in [-0.3, -0.25) is 16.3 Å². The summed E-state index contributed by atoms with van der Waals surface area (Å²) < 4.78 is 1.95. The van der Waals surface area contributed by atoms with Crippen molar-refractivity contribution >= 4 is 31.9 Å². The number of hydrogen-bond donors (Lipinski definition) is 2. The van der Waals surface area contributed by atoms with Crippen molar-refractivity contribution in [1.82, 2.24) is 10.4 Å². The van der Waals surface area contributed by atoms with Gasteiger partial charge in [-0.1, -0.05) is 26.7 Å². The van der Waals surface area contributed by atoms with Crippen molar-refractivity contribution in [1.29, 1.82) is 0 Å². The Hall–Kier alpha value is 0.0300. The molecule has 0 aliphatic rings. The molecule has 0 aliphatic heterocycles. The molecule has 0 bridgehead atoms. The lowest BCUT2D eigenvalue weighted by atomic mass is 10.0. The van der Waals surface area contributed by atoms with Crippen molar-refractivity contribution in [2.45, 2.75) is 39.2 Å². The topological polar surface area (TPSA) is 50.9 Å². The van der Waals surface area contributed by atoms with Gasteiger partial charge in [-0.2, -0.15) is 0 Å². The second-order valence-corrected chi connectivity index (χ2v) is 6.33. The second-order valence-electron chi connectivity index (χ2n) is 4.56. The fraction of sp³-hybridized carbons (Fsp3) is 0.583. The molecule has 0 aromatic carbocycles. The smallest absolute Gasteiger partial charge is 0.0729 e. The van der Waals surface area contributed by atoms with E-state index >= 15 is 0 Å². The summed E-state index contributed by atoms with van der Waals surface area (Å²) in [5, 5.41) is 0. The highest BCUT2D eigenvalue weighted by Crippen LogP contribution is 2.27. The number of nitrogens with zero attached hydrogens (tertiary/aromatic N) is 1. The predicted molar refractivity (Wildman–Crippen MR) is 78.4 cm³/mol. The van der Waals surface area contributed by atoms with Crippen molar-refractivity contribution in [3.05, 3.63) is 26.9 Å². The molecule has 5 heteroatoms. The molecule has 0 saturated heterocycles. The number of aromatic nitrogens is 1. The maximum Gasteiger partial charge on any atom is 0.0729 e. The molecule has 3 N–H and O–H groups in total. The fourth-order valence-electron chi connectivity index (χ4n) is 1.71. The SMILES string of the molecule is CC(C)CCCC(NN)c1ncc(Br)cc1Br. The molecular weight excluding hydrogens is 346 g/mol. The van der Waals surface area contributed by atoms with E-state index in [-0.39, 0.29) is 6.04 Å². The summed E-state index contributed by atoms with van der Waals surface area (Å²) in [7, 11) is 0. The van der Waals surface area contributed by atoms with E-state index in [2.05, 4.69) is 56.1 Å². The third kappa shape index (κ3) is 5.04. The van der Waals surface area contributed by atoms with Crippen molar-refractivity contribution in [3.8, 4) is 0 Å². The van der Waals surface area contributed by atoms with Crippen LogP contribution in [0.1, 0.15) is 44.8 Å². The van der Waals surface area contributed by atoms with Gasteiger partial charge in [-0.25, -0.2) is 0 Å². The molecule has 1 aromatic rings. The highest BCUT2D eigenvalue weighted by atomic mass is 79.9. The van der Waals surface area contributed by atoms with Crippen LogP contribution >= 0.6 is 31.9 Å². The van der Waals surface area contributed by atoms with Gasteiger partial charge in [0.05, 0.1) is 11.7 Å². The lowest BCUT2D eigenvalue weighted by Crippen LogP contribution is -2.29. The first-order valence-electron chi connectivity index (χ1n) is 5.81. The maximum atomic E-state index is 5.61. The summed E-state index contributed by atoms with van der Waals surface area (Å²) in [6, 6.07) is 2.10. The third-order valence-electron chi connectivity index (χ3n) is 2.64. The molecule has 0 saturated carbocycles. The molecule has 0 spiro atoms. The van der Waals surface area contributed by atoms with Gasteiger partial charge in [0.15, 0.2) is 0 Å². The van der Waals surface area contributed by atoms with Crippen molar-refractivity contribution in [2.75, 3.05) is 0 Å². The first-order valence-corrected chi connectivity index (χ1v) is 7.40. The Kier molecular flexibility index (Phi) is 6.62. The number of hydrazine groups is 1. The zero-order valence-electron chi connectivity index (χ0n) is 10.2. The van der Waals surface area contributed by atoms with Gasteiger partial charge < -0.3 is 0 Å². The fourth-order valence-corrected chi connectivity index (χ4v) is 2.97. The summed E-state index contributed by atoms with van der Waals surface area (Å²) in [4.78, 5) is 4.41. The van der Waals surface area contributed by atoms with E-state index in [0.29, 0.717) is 0 Å². The molecule has 1 aromatic heterocycles. The van der Waals surface area contributed by atoms with E-state index in [0.717, 1.165) is 33.4 Å². The van der Waals surface area contributed by atoms with E-state index in [1.54, 1.807) is 6.20 Å². The summed E-state index contributed by atoms with van der Waals surface area (Å²) >= 11 is 6.92. The van der Waals surface area contributed by atoms with Gasteiger partial charge in [-0.15, -0.1) is 0 Å². The van der Waals surface area contributed by atoms with Crippen LogP contribution in [0.3, 0.4) is 0 Å². The molecule has 96 valence electrons. The standard InChI is InChI=1S/C12H19Br2N3/c1-8(2)4-3-5-11(17-15)12-10(14)6-9(13)7-16-12/h6-8,11,17H,3-5,15H2,1-2H3. The average molecular weight is 365 g/mol. The normalized spacial score (nSPS) is 13.1. The summed E-state index contributed by atoms with van der Waals surface area (Å²) in [5.41, 5.74) is 3.82. The highest BCUT2D eigenvalue weighted by molar-refractivity contribution is 9.11. The van der Waals surface area contributed by atoms with Crippen LogP contribution in [0.15, 0.2) is 21.2 Å². The monoisotopic (exact) mass is 363 g/mol. The van der Waals surface area contributed by atoms with Gasteiger partial charge in [0, 0.05) is 15.1 Å². The highest BCUT2D eigenvalue weighted by Gasteiger charge is 2.14. The molecule has 0 amide bonds. The molecule has 17 heavy (non-hydrogen) atoms. The Bertz CT molecular complexity index is 356. The minimum absolute atomic E-state index is 0.108. The lowest BCUT2D eigenvalue weighted by molar-refractivity contribution is 0.447. The lowest BCUT2D eigenvalue weighted by Gasteiger charge is -2.17. The molecule has 0 radical (unpaired) electrons. The van der Waals surface area contributed by atoms with Gasteiger partial charge >= 0.3 is 0 Å². The summed E-state index contributed by atoms with van der Waals surface area (Å²) in [6.07, 6.45) is 5.16. The second kappa shape index (κ2) is 7.46. The van der Waals surface area contributed by atoms with Crippen LogP contribution in [0.5, 0.6) is 0 Å². The molecule has 1 unspecified atom stereocenters. The number of rotatable bonds is 6. The summed E-state index contributed by atoms with van der Waals surface area (Å²) in [6.45, 7) is 4.47. The van der Waals surface area contributed by atoms with E-state index in [1.165, 1.54) is 6.42 Å². The van der Waals surface area contributed by atoms with Crippen LogP contribution in [0, 0.1) is 5.92 Å². The first kappa shape index (κ1) is 15.1. The predicted octanol–water partition coefficient (Wildman–Crippen LogP) is 3.94.